The number of aryl methyl sites for hydroxylation is 1. The first-order chi connectivity index (χ1) is 13.3. The summed E-state index contributed by atoms with van der Waals surface area (Å²) in [6, 6.07) is 11.6. The predicted molar refractivity (Wildman–Crippen MR) is 109 cm³/mol. The van der Waals surface area contributed by atoms with Gasteiger partial charge >= 0.3 is 0 Å². The average Bonchev–Trinajstić information content (AvgIpc) is 3.19. The van der Waals surface area contributed by atoms with E-state index in [9.17, 15) is 13.2 Å². The monoisotopic (exact) mass is 402 g/mol. The molecule has 7 heteroatoms. The maximum Gasteiger partial charge on any atom is 0.255 e. The van der Waals surface area contributed by atoms with E-state index in [2.05, 4.69) is 5.32 Å². The molecule has 0 aliphatic carbocycles. The van der Waals surface area contributed by atoms with Crippen LogP contribution in [0.5, 0.6) is 5.75 Å². The Bertz CT molecular complexity index is 964. The van der Waals surface area contributed by atoms with Crippen molar-refractivity contribution in [3.63, 3.8) is 0 Å². The van der Waals surface area contributed by atoms with Crippen molar-refractivity contribution in [2.75, 3.05) is 18.4 Å². The zero-order chi connectivity index (χ0) is 20.3. The molecule has 1 fully saturated rings. The van der Waals surface area contributed by atoms with E-state index >= 15 is 0 Å². The Morgan fingerprint density at radius 2 is 1.82 bits per heavy atom. The van der Waals surface area contributed by atoms with Gasteiger partial charge in [0.25, 0.3) is 5.91 Å². The zero-order valence-corrected chi connectivity index (χ0v) is 17.3. The first-order valence-electron chi connectivity index (χ1n) is 9.46. The van der Waals surface area contributed by atoms with Gasteiger partial charge in [0.05, 0.1) is 11.0 Å². The fourth-order valence-electron chi connectivity index (χ4n) is 3.19. The Morgan fingerprint density at radius 1 is 1.11 bits per heavy atom. The number of nitrogens with zero attached hydrogens (tertiary/aromatic N) is 1. The molecule has 0 saturated carbocycles. The molecule has 0 bridgehead atoms. The van der Waals surface area contributed by atoms with Gasteiger partial charge in [0, 0.05) is 24.3 Å². The van der Waals surface area contributed by atoms with Crippen LogP contribution < -0.4 is 10.1 Å². The maximum absolute atomic E-state index is 12.7. The molecular formula is C21H26N2O4S. The van der Waals surface area contributed by atoms with E-state index in [1.807, 2.05) is 26.8 Å². The first kappa shape index (κ1) is 20.4. The smallest absolute Gasteiger partial charge is 0.255 e. The summed E-state index contributed by atoms with van der Waals surface area (Å²) in [4.78, 5) is 12.8. The third kappa shape index (κ3) is 4.54. The SMILES string of the molecule is Cc1cc(OC(C)C)ccc1NC(=O)c1cccc(S(=O)(=O)N2CCCC2)c1. The van der Waals surface area contributed by atoms with Crippen molar-refractivity contribution in [3.8, 4) is 5.75 Å². The summed E-state index contributed by atoms with van der Waals surface area (Å²) in [6.45, 7) is 6.85. The lowest BCUT2D eigenvalue weighted by Crippen LogP contribution is -2.28. The number of ether oxygens (including phenoxy) is 1. The number of benzene rings is 2. The molecule has 1 N–H and O–H groups in total. The van der Waals surface area contributed by atoms with E-state index in [0.29, 0.717) is 24.3 Å². The summed E-state index contributed by atoms with van der Waals surface area (Å²) in [5.74, 6) is 0.392. The highest BCUT2D eigenvalue weighted by molar-refractivity contribution is 7.89. The van der Waals surface area contributed by atoms with Crippen LogP contribution in [0.3, 0.4) is 0 Å². The number of carbonyl (C=O) groups excluding carboxylic acids is 1. The maximum atomic E-state index is 12.7. The molecule has 6 nitrogen and oxygen atoms in total. The lowest BCUT2D eigenvalue weighted by Gasteiger charge is -2.16. The van der Waals surface area contributed by atoms with Crippen LogP contribution in [0.15, 0.2) is 47.4 Å². The van der Waals surface area contributed by atoms with Gasteiger partial charge in [0.2, 0.25) is 10.0 Å². The van der Waals surface area contributed by atoms with Crippen molar-refractivity contribution in [1.82, 2.24) is 4.31 Å². The van der Waals surface area contributed by atoms with Crippen LogP contribution >= 0.6 is 0 Å². The van der Waals surface area contributed by atoms with Crippen LogP contribution in [0.1, 0.15) is 42.6 Å². The zero-order valence-electron chi connectivity index (χ0n) is 16.4. The molecule has 0 spiro atoms. The molecule has 0 unspecified atom stereocenters. The number of amides is 1. The number of carbonyl (C=O) groups is 1. The summed E-state index contributed by atoms with van der Waals surface area (Å²) in [6.07, 6.45) is 1.81. The van der Waals surface area contributed by atoms with Gasteiger partial charge in [-0.25, -0.2) is 8.42 Å². The van der Waals surface area contributed by atoms with Crippen LogP contribution in [0, 0.1) is 6.92 Å². The number of nitrogens with one attached hydrogen (secondary N) is 1. The van der Waals surface area contributed by atoms with Crippen molar-refractivity contribution < 1.29 is 17.9 Å². The van der Waals surface area contributed by atoms with Crippen LogP contribution in [0.4, 0.5) is 5.69 Å². The average molecular weight is 403 g/mol. The largest absolute Gasteiger partial charge is 0.491 e. The second kappa shape index (κ2) is 8.32. The first-order valence-corrected chi connectivity index (χ1v) is 10.9. The summed E-state index contributed by atoms with van der Waals surface area (Å²) in [5, 5.41) is 2.85. The van der Waals surface area contributed by atoms with Gasteiger partial charge in [0.15, 0.2) is 0 Å². The highest BCUT2D eigenvalue weighted by Gasteiger charge is 2.27. The van der Waals surface area contributed by atoms with Crippen LogP contribution in [-0.2, 0) is 10.0 Å². The standard InChI is InChI=1S/C21H26N2O4S/c1-15(2)27-18-9-10-20(16(3)13-18)22-21(24)17-7-6-8-19(14-17)28(25,26)23-11-4-5-12-23/h6-10,13-15H,4-5,11-12H2,1-3H3,(H,22,24). The summed E-state index contributed by atoms with van der Waals surface area (Å²) in [7, 11) is -3.56. The quantitative estimate of drug-likeness (QED) is 0.797. The third-order valence-electron chi connectivity index (χ3n) is 4.62. The fourth-order valence-corrected chi connectivity index (χ4v) is 4.76. The van der Waals surface area contributed by atoms with E-state index < -0.39 is 10.0 Å². The Balaban J connectivity index is 1.78. The van der Waals surface area contributed by atoms with E-state index in [1.54, 1.807) is 24.3 Å². The van der Waals surface area contributed by atoms with Crippen molar-refractivity contribution >= 4 is 21.6 Å². The van der Waals surface area contributed by atoms with Gasteiger partial charge in [0.1, 0.15) is 5.75 Å². The molecule has 2 aromatic carbocycles. The van der Waals surface area contributed by atoms with E-state index in [4.69, 9.17) is 4.74 Å². The minimum Gasteiger partial charge on any atom is -0.491 e. The number of hydrogen-bond donors (Lipinski definition) is 1. The molecule has 1 aliphatic rings. The molecule has 3 rings (SSSR count). The fraction of sp³-hybridized carbons (Fsp3) is 0.381. The van der Waals surface area contributed by atoms with Gasteiger partial charge in [-0.3, -0.25) is 4.79 Å². The van der Waals surface area contributed by atoms with Crippen molar-refractivity contribution in [3.05, 3.63) is 53.6 Å². The minimum atomic E-state index is -3.56. The second-order valence-electron chi connectivity index (χ2n) is 7.24. The molecular weight excluding hydrogens is 376 g/mol. The lowest BCUT2D eigenvalue weighted by molar-refractivity contribution is 0.102. The molecule has 150 valence electrons. The van der Waals surface area contributed by atoms with Gasteiger partial charge in [-0.1, -0.05) is 6.07 Å². The Kier molecular flexibility index (Phi) is 6.05. The topological polar surface area (TPSA) is 75.7 Å². The van der Waals surface area contributed by atoms with Gasteiger partial charge in [-0.15, -0.1) is 0 Å². The van der Waals surface area contributed by atoms with Crippen LogP contribution in [0.25, 0.3) is 0 Å². The van der Waals surface area contributed by atoms with E-state index in [-0.39, 0.29) is 16.9 Å². The summed E-state index contributed by atoms with van der Waals surface area (Å²) in [5.41, 5.74) is 1.84. The molecule has 28 heavy (non-hydrogen) atoms. The van der Waals surface area contributed by atoms with Gasteiger partial charge < -0.3 is 10.1 Å². The Labute approximate surface area is 166 Å². The minimum absolute atomic E-state index is 0.0696. The summed E-state index contributed by atoms with van der Waals surface area (Å²) < 4.78 is 32.6. The van der Waals surface area contributed by atoms with Gasteiger partial charge in [-0.05, 0) is 75.6 Å². The second-order valence-corrected chi connectivity index (χ2v) is 9.17. The van der Waals surface area contributed by atoms with E-state index in [0.717, 1.165) is 24.2 Å². The molecule has 1 amide bonds. The molecule has 0 aromatic heterocycles. The highest BCUT2D eigenvalue weighted by Crippen LogP contribution is 2.24. The molecule has 0 atom stereocenters. The number of hydrogen-bond acceptors (Lipinski definition) is 4. The van der Waals surface area contributed by atoms with Crippen molar-refractivity contribution in [2.45, 2.75) is 44.6 Å². The van der Waals surface area contributed by atoms with Crippen molar-refractivity contribution in [2.24, 2.45) is 0 Å². The highest BCUT2D eigenvalue weighted by atomic mass is 32.2. The number of anilines is 1. The van der Waals surface area contributed by atoms with E-state index in [1.165, 1.54) is 16.4 Å². The lowest BCUT2D eigenvalue weighted by atomic mass is 10.1. The third-order valence-corrected chi connectivity index (χ3v) is 6.51. The number of rotatable bonds is 6. The molecule has 1 saturated heterocycles. The predicted octanol–water partition coefficient (Wildman–Crippen LogP) is 3.82. The van der Waals surface area contributed by atoms with Crippen molar-refractivity contribution in [1.29, 1.82) is 0 Å². The molecule has 0 radical (unpaired) electrons. The Morgan fingerprint density at radius 3 is 2.46 bits per heavy atom. The molecule has 1 aliphatic heterocycles. The van der Waals surface area contributed by atoms with Crippen LogP contribution in [0.2, 0.25) is 0 Å². The number of sulfonamides is 1. The molecule has 2 aromatic rings. The summed E-state index contributed by atoms with van der Waals surface area (Å²) >= 11 is 0. The van der Waals surface area contributed by atoms with Gasteiger partial charge in [-0.2, -0.15) is 4.31 Å². The van der Waals surface area contributed by atoms with Crippen LogP contribution in [-0.4, -0.2) is 37.8 Å². The Hall–Kier alpha value is -2.38. The normalized spacial score (nSPS) is 15.0. The molecule has 1 heterocycles.